The van der Waals surface area contributed by atoms with Crippen LogP contribution in [0.3, 0.4) is 0 Å². The predicted octanol–water partition coefficient (Wildman–Crippen LogP) is 8.23. The molecule has 264 valence electrons. The number of aromatic nitrogens is 2. The minimum atomic E-state index is -4.34. The largest absolute Gasteiger partial charge is 0.391 e. The zero-order chi connectivity index (χ0) is 34.2. The first kappa shape index (κ1) is 35.2. The topological polar surface area (TPSA) is 93.1 Å². The molecule has 4 aliphatic rings. The van der Waals surface area contributed by atoms with Gasteiger partial charge in [-0.05, 0) is 113 Å². The molecule has 2 aromatic heterocycles. The van der Waals surface area contributed by atoms with Crippen molar-refractivity contribution < 1.29 is 22.8 Å². The van der Waals surface area contributed by atoms with E-state index in [1.807, 2.05) is 10.6 Å². The Hall–Kier alpha value is -2.62. The van der Waals surface area contributed by atoms with Gasteiger partial charge in [0.15, 0.2) is 0 Å². The van der Waals surface area contributed by atoms with E-state index in [1.54, 1.807) is 12.3 Å². The number of hydrogen-bond acceptors (Lipinski definition) is 4. The maximum Gasteiger partial charge on any atom is 0.391 e. The number of pyridine rings is 2. The van der Waals surface area contributed by atoms with Gasteiger partial charge in [0, 0.05) is 48.1 Å². The molecule has 6 atom stereocenters. The number of nitrogens with one attached hydrogen (secondary N) is 2. The van der Waals surface area contributed by atoms with Crippen molar-refractivity contribution >= 4 is 34.3 Å². The Kier molecular flexibility index (Phi) is 10.8. The lowest BCUT2D eigenvalue weighted by atomic mass is 9.66. The molecule has 4 aliphatic carbocycles. The second-order valence-electron chi connectivity index (χ2n) is 15.4. The third kappa shape index (κ3) is 7.89. The average molecular weight is 691 g/mol. The van der Waals surface area contributed by atoms with Crippen LogP contribution in [0, 0.1) is 29.6 Å². The van der Waals surface area contributed by atoms with Crippen molar-refractivity contribution in [3.63, 3.8) is 0 Å². The maximum absolute atomic E-state index is 14.3. The van der Waals surface area contributed by atoms with Gasteiger partial charge in [0.2, 0.25) is 11.8 Å². The molecule has 0 aromatic carbocycles. The minimum absolute atomic E-state index is 0.00291. The van der Waals surface area contributed by atoms with Crippen LogP contribution in [-0.4, -0.2) is 39.6 Å². The fraction of sp³-hybridized carbons (Fsp3) is 0.730. The van der Waals surface area contributed by atoms with Crippen LogP contribution in [0.2, 0.25) is 5.15 Å². The SMILES string of the molecule is CC(=O)NC1CCC(C2CC(C(=O)NC3CCC(C)C(c4cc5cnc(Cl)cc5n(C5CCCCC5)c4=O)C3)CC(C(F)(F)F)C2)CC1. The van der Waals surface area contributed by atoms with E-state index in [-0.39, 0.29) is 72.0 Å². The summed E-state index contributed by atoms with van der Waals surface area (Å²) in [7, 11) is 0. The maximum atomic E-state index is 14.3. The lowest BCUT2D eigenvalue weighted by Crippen LogP contribution is -2.47. The molecular weight excluding hydrogens is 641 g/mol. The fourth-order valence-corrected chi connectivity index (χ4v) is 9.81. The van der Waals surface area contributed by atoms with Gasteiger partial charge in [0.25, 0.3) is 5.56 Å². The number of carbonyl (C=O) groups is 2. The number of halogens is 4. The first-order valence-corrected chi connectivity index (χ1v) is 18.6. The van der Waals surface area contributed by atoms with E-state index < -0.39 is 18.0 Å². The Bertz CT molecular complexity index is 1530. The highest BCUT2D eigenvalue weighted by Gasteiger charge is 2.48. The average Bonchev–Trinajstić information content (AvgIpc) is 3.05. The van der Waals surface area contributed by atoms with E-state index in [1.165, 1.54) is 6.92 Å². The van der Waals surface area contributed by atoms with Gasteiger partial charge in [-0.1, -0.05) is 37.8 Å². The van der Waals surface area contributed by atoms with Crippen LogP contribution in [0.25, 0.3) is 10.9 Å². The quantitative estimate of drug-likeness (QED) is 0.299. The first-order valence-electron chi connectivity index (χ1n) is 18.2. The van der Waals surface area contributed by atoms with E-state index in [2.05, 4.69) is 22.5 Å². The summed E-state index contributed by atoms with van der Waals surface area (Å²) in [5.74, 6) is -2.47. The molecule has 2 aromatic rings. The summed E-state index contributed by atoms with van der Waals surface area (Å²) in [6.07, 6.45) is 8.11. The van der Waals surface area contributed by atoms with Gasteiger partial charge < -0.3 is 15.2 Å². The molecule has 2 amide bonds. The molecule has 4 fully saturated rings. The summed E-state index contributed by atoms with van der Waals surface area (Å²) in [5.41, 5.74) is 1.53. The highest BCUT2D eigenvalue weighted by Crippen LogP contribution is 2.48. The highest BCUT2D eigenvalue weighted by molar-refractivity contribution is 6.30. The third-order valence-electron chi connectivity index (χ3n) is 12.2. The van der Waals surface area contributed by atoms with Crippen molar-refractivity contribution in [2.45, 2.75) is 140 Å². The zero-order valence-corrected chi connectivity index (χ0v) is 28.9. The molecule has 4 saturated carbocycles. The van der Waals surface area contributed by atoms with Crippen LogP contribution in [-0.2, 0) is 9.59 Å². The molecule has 0 bridgehead atoms. The standard InChI is InChI=1S/C37H50ClF3N4O3/c1-21-8-11-29(18-31(21)32-17-26-20-42-34(38)19-33(26)45(36(32)48)30-6-4-3-5-7-30)44-35(47)25-14-24(15-27(16-25)37(39,40)41)23-9-12-28(13-10-23)43-22(2)46/h17,19-21,23-25,27-31H,3-16,18H2,1-2H3,(H,43,46)(H,44,47). The van der Waals surface area contributed by atoms with E-state index in [0.29, 0.717) is 18.0 Å². The van der Waals surface area contributed by atoms with Crippen molar-refractivity contribution in [2.75, 3.05) is 0 Å². The van der Waals surface area contributed by atoms with Gasteiger partial charge in [-0.25, -0.2) is 4.98 Å². The van der Waals surface area contributed by atoms with Gasteiger partial charge in [0.1, 0.15) is 5.15 Å². The van der Waals surface area contributed by atoms with E-state index in [9.17, 15) is 27.6 Å². The molecule has 2 heterocycles. The van der Waals surface area contributed by atoms with E-state index >= 15 is 0 Å². The number of nitrogens with zero attached hydrogens (tertiary/aromatic N) is 2. The Labute approximate surface area is 286 Å². The second kappa shape index (κ2) is 14.7. The van der Waals surface area contributed by atoms with Gasteiger partial charge in [-0.2, -0.15) is 13.2 Å². The summed E-state index contributed by atoms with van der Waals surface area (Å²) in [6, 6.07) is 3.70. The van der Waals surface area contributed by atoms with Gasteiger partial charge in [-0.15, -0.1) is 0 Å². The Morgan fingerprint density at radius 2 is 1.58 bits per heavy atom. The van der Waals surface area contributed by atoms with Crippen molar-refractivity contribution in [3.8, 4) is 0 Å². The number of alkyl halides is 3. The first-order chi connectivity index (χ1) is 22.9. The molecule has 7 nitrogen and oxygen atoms in total. The van der Waals surface area contributed by atoms with Gasteiger partial charge in [0.05, 0.1) is 11.4 Å². The third-order valence-corrected chi connectivity index (χ3v) is 12.4. The Morgan fingerprint density at radius 1 is 0.875 bits per heavy atom. The van der Waals surface area contributed by atoms with Crippen LogP contribution >= 0.6 is 11.6 Å². The summed E-state index contributed by atoms with van der Waals surface area (Å²) < 4.78 is 44.5. The number of rotatable bonds is 6. The monoisotopic (exact) mass is 690 g/mol. The minimum Gasteiger partial charge on any atom is -0.354 e. The van der Waals surface area contributed by atoms with Gasteiger partial charge >= 0.3 is 6.18 Å². The number of amides is 2. The van der Waals surface area contributed by atoms with Gasteiger partial charge in [-0.3, -0.25) is 14.4 Å². The second-order valence-corrected chi connectivity index (χ2v) is 15.8. The highest BCUT2D eigenvalue weighted by atomic mass is 35.5. The van der Waals surface area contributed by atoms with Crippen LogP contribution in [0.4, 0.5) is 13.2 Å². The smallest absolute Gasteiger partial charge is 0.354 e. The molecule has 0 spiro atoms. The number of fused-ring (bicyclic) bond motifs is 1. The Balaban J connectivity index is 1.19. The van der Waals surface area contributed by atoms with E-state index in [0.717, 1.165) is 87.1 Å². The van der Waals surface area contributed by atoms with Crippen molar-refractivity contribution in [2.24, 2.45) is 29.6 Å². The molecular formula is C37H50ClF3N4O3. The predicted molar refractivity (Wildman–Crippen MR) is 181 cm³/mol. The van der Waals surface area contributed by atoms with Crippen LogP contribution in [0.5, 0.6) is 0 Å². The molecule has 2 N–H and O–H groups in total. The molecule has 6 unspecified atom stereocenters. The summed E-state index contributed by atoms with van der Waals surface area (Å²) in [6.45, 7) is 3.64. The van der Waals surface area contributed by atoms with Crippen molar-refractivity contribution in [1.29, 1.82) is 0 Å². The van der Waals surface area contributed by atoms with Crippen LogP contribution in [0.15, 0.2) is 23.1 Å². The molecule has 0 radical (unpaired) electrons. The lowest BCUT2D eigenvalue weighted by Gasteiger charge is -2.42. The molecule has 6 rings (SSSR count). The van der Waals surface area contributed by atoms with Crippen LogP contribution < -0.4 is 16.2 Å². The normalized spacial score (nSPS) is 32.1. The lowest BCUT2D eigenvalue weighted by molar-refractivity contribution is -0.193. The van der Waals surface area contributed by atoms with E-state index in [4.69, 9.17) is 11.6 Å². The zero-order valence-electron chi connectivity index (χ0n) is 28.2. The molecule has 48 heavy (non-hydrogen) atoms. The molecule has 11 heteroatoms. The van der Waals surface area contributed by atoms with Crippen molar-refractivity contribution in [3.05, 3.63) is 39.4 Å². The van der Waals surface area contributed by atoms with Crippen LogP contribution in [0.1, 0.15) is 128 Å². The molecule has 0 saturated heterocycles. The molecule has 0 aliphatic heterocycles. The summed E-state index contributed by atoms with van der Waals surface area (Å²) in [4.78, 5) is 43.9. The summed E-state index contributed by atoms with van der Waals surface area (Å²) in [5, 5.41) is 7.35. The number of carbonyl (C=O) groups excluding carboxylic acids is 2. The fourth-order valence-electron chi connectivity index (χ4n) is 9.65. The Morgan fingerprint density at radius 3 is 2.27 bits per heavy atom. The van der Waals surface area contributed by atoms with Crippen molar-refractivity contribution in [1.82, 2.24) is 20.2 Å². The summed E-state index contributed by atoms with van der Waals surface area (Å²) >= 11 is 6.29. The number of hydrogen-bond donors (Lipinski definition) is 2.